The fourth-order valence-corrected chi connectivity index (χ4v) is 3.77. The van der Waals surface area contributed by atoms with Crippen molar-refractivity contribution in [1.82, 2.24) is 14.4 Å². The van der Waals surface area contributed by atoms with Crippen LogP contribution in [0.5, 0.6) is 0 Å². The number of benzene rings is 1. The zero-order valence-corrected chi connectivity index (χ0v) is 18.7. The van der Waals surface area contributed by atoms with Crippen molar-refractivity contribution in [2.45, 2.75) is 39.3 Å². The molecule has 2 amide bonds. The molecule has 1 aromatic heterocycles. The smallest absolute Gasteiger partial charge is 0.270 e. The minimum absolute atomic E-state index is 0.00302. The predicted octanol–water partition coefficient (Wildman–Crippen LogP) is 3.88. The summed E-state index contributed by atoms with van der Waals surface area (Å²) in [4.78, 5) is 40.1. The van der Waals surface area contributed by atoms with Crippen molar-refractivity contribution in [3.05, 3.63) is 62.9 Å². The van der Waals surface area contributed by atoms with E-state index in [4.69, 9.17) is 11.6 Å². The van der Waals surface area contributed by atoms with Crippen LogP contribution >= 0.6 is 11.6 Å². The van der Waals surface area contributed by atoms with Gasteiger partial charge in [0.1, 0.15) is 6.54 Å². The molecule has 0 bridgehead atoms. The van der Waals surface area contributed by atoms with E-state index in [1.165, 1.54) is 17.0 Å². The molecule has 0 radical (unpaired) electrons. The number of nitrogens with zero attached hydrogens (tertiary/aromatic N) is 4. The molecule has 1 aliphatic rings. The molecule has 0 unspecified atom stereocenters. The Morgan fingerprint density at radius 3 is 2.52 bits per heavy atom. The zero-order chi connectivity index (χ0) is 22.7. The van der Waals surface area contributed by atoms with E-state index in [0.717, 1.165) is 24.6 Å². The average molecular weight is 447 g/mol. The summed E-state index contributed by atoms with van der Waals surface area (Å²) < 4.78 is 1.98. The van der Waals surface area contributed by atoms with Crippen LogP contribution in [0.1, 0.15) is 42.7 Å². The summed E-state index contributed by atoms with van der Waals surface area (Å²) in [6.45, 7) is 4.73. The molecule has 0 N–H and O–H groups in total. The molecule has 0 atom stereocenters. The Balaban J connectivity index is 1.80. The van der Waals surface area contributed by atoms with Crippen LogP contribution < -0.4 is 0 Å². The number of carbonyl (C=O) groups is 2. The van der Waals surface area contributed by atoms with E-state index in [9.17, 15) is 19.7 Å². The Labute approximate surface area is 186 Å². The lowest BCUT2D eigenvalue weighted by atomic mass is 10.1. The maximum Gasteiger partial charge on any atom is 0.270 e. The Hall–Kier alpha value is -2.87. The SMILES string of the molecule is CC(C)CN(CC(=O)N(Cc1cccn1C)C1CC1)C(=O)c1ccc([N+](=O)[O-])cc1Cl. The van der Waals surface area contributed by atoms with Crippen molar-refractivity contribution in [3.8, 4) is 0 Å². The van der Waals surface area contributed by atoms with Gasteiger partial charge in [-0.05, 0) is 37.0 Å². The minimum atomic E-state index is -0.563. The number of hydrogen-bond donors (Lipinski definition) is 0. The van der Waals surface area contributed by atoms with Crippen LogP contribution in [0.3, 0.4) is 0 Å². The van der Waals surface area contributed by atoms with Crippen LogP contribution in [0.2, 0.25) is 5.02 Å². The van der Waals surface area contributed by atoms with Crippen molar-refractivity contribution in [2.75, 3.05) is 13.1 Å². The first kappa shape index (κ1) is 22.8. The van der Waals surface area contributed by atoms with Gasteiger partial charge in [0.2, 0.25) is 5.91 Å². The number of rotatable bonds is 9. The second-order valence-electron chi connectivity index (χ2n) is 8.36. The molecular formula is C22H27ClN4O4. The highest BCUT2D eigenvalue weighted by Gasteiger charge is 2.34. The molecule has 1 saturated carbocycles. The van der Waals surface area contributed by atoms with Gasteiger partial charge in [0.25, 0.3) is 11.6 Å². The third-order valence-corrected chi connectivity index (χ3v) is 5.60. The molecule has 1 aromatic carbocycles. The van der Waals surface area contributed by atoms with E-state index in [-0.39, 0.29) is 40.7 Å². The Bertz CT molecular complexity index is 984. The lowest BCUT2D eigenvalue weighted by Gasteiger charge is -2.29. The first-order chi connectivity index (χ1) is 14.7. The number of hydrogen-bond acceptors (Lipinski definition) is 4. The maximum atomic E-state index is 13.2. The van der Waals surface area contributed by atoms with Gasteiger partial charge < -0.3 is 14.4 Å². The molecule has 2 aromatic rings. The maximum absolute atomic E-state index is 13.2. The van der Waals surface area contributed by atoms with E-state index in [2.05, 4.69) is 0 Å². The molecule has 1 fully saturated rings. The topological polar surface area (TPSA) is 88.7 Å². The van der Waals surface area contributed by atoms with Crippen molar-refractivity contribution < 1.29 is 14.5 Å². The summed E-state index contributed by atoms with van der Waals surface area (Å²) in [7, 11) is 1.94. The van der Waals surface area contributed by atoms with E-state index in [1.54, 1.807) is 0 Å². The number of nitro benzene ring substituents is 1. The normalized spacial score (nSPS) is 13.3. The highest BCUT2D eigenvalue weighted by molar-refractivity contribution is 6.34. The molecule has 0 saturated heterocycles. The van der Waals surface area contributed by atoms with Crippen LogP contribution in [0, 0.1) is 16.0 Å². The molecule has 0 spiro atoms. The second kappa shape index (κ2) is 9.51. The van der Waals surface area contributed by atoms with Gasteiger partial charge in [-0.3, -0.25) is 19.7 Å². The number of halogens is 1. The van der Waals surface area contributed by atoms with Crippen LogP contribution in [0.4, 0.5) is 5.69 Å². The number of amides is 2. The third-order valence-electron chi connectivity index (χ3n) is 5.28. The minimum Gasteiger partial charge on any atom is -0.353 e. The van der Waals surface area contributed by atoms with Crippen molar-refractivity contribution in [1.29, 1.82) is 0 Å². The van der Waals surface area contributed by atoms with Crippen molar-refractivity contribution >= 4 is 29.1 Å². The lowest BCUT2D eigenvalue weighted by molar-refractivity contribution is -0.384. The third kappa shape index (κ3) is 5.64. The molecule has 3 rings (SSSR count). The Kier molecular flexibility index (Phi) is 7.00. The zero-order valence-electron chi connectivity index (χ0n) is 18.0. The summed E-state index contributed by atoms with van der Waals surface area (Å²) >= 11 is 6.17. The highest BCUT2D eigenvalue weighted by atomic mass is 35.5. The van der Waals surface area contributed by atoms with Gasteiger partial charge in [0.15, 0.2) is 0 Å². The predicted molar refractivity (Wildman–Crippen MR) is 118 cm³/mol. The van der Waals surface area contributed by atoms with Gasteiger partial charge in [-0.1, -0.05) is 25.4 Å². The first-order valence-corrected chi connectivity index (χ1v) is 10.7. The standard InChI is InChI=1S/C22H27ClN4O4/c1-15(2)12-25(22(29)19-9-8-17(27(30)31)11-20(19)23)14-21(28)26(16-6-7-16)13-18-5-4-10-24(18)3/h4-5,8-11,15-16H,6-7,12-14H2,1-3H3. The van der Waals surface area contributed by atoms with Crippen LogP contribution in [0.15, 0.2) is 36.5 Å². The molecule has 9 heteroatoms. The molecule has 166 valence electrons. The largest absolute Gasteiger partial charge is 0.353 e. The summed E-state index contributed by atoms with van der Waals surface area (Å²) in [6, 6.07) is 7.88. The molecule has 0 aliphatic heterocycles. The van der Waals surface area contributed by atoms with E-state index in [0.29, 0.717) is 13.1 Å². The summed E-state index contributed by atoms with van der Waals surface area (Å²) in [6.07, 6.45) is 3.86. The van der Waals surface area contributed by atoms with Gasteiger partial charge in [0, 0.05) is 43.7 Å². The Morgan fingerprint density at radius 1 is 1.29 bits per heavy atom. The Morgan fingerprint density at radius 2 is 2.00 bits per heavy atom. The summed E-state index contributed by atoms with van der Waals surface area (Å²) in [5.74, 6) is -0.386. The fourth-order valence-electron chi connectivity index (χ4n) is 3.52. The number of carbonyl (C=O) groups excluding carboxylic acids is 2. The van der Waals surface area contributed by atoms with Gasteiger partial charge in [-0.25, -0.2) is 0 Å². The van der Waals surface area contributed by atoms with Gasteiger partial charge in [-0.15, -0.1) is 0 Å². The molecule has 8 nitrogen and oxygen atoms in total. The fraction of sp³-hybridized carbons (Fsp3) is 0.455. The van der Waals surface area contributed by atoms with Gasteiger partial charge in [0.05, 0.1) is 22.1 Å². The number of aromatic nitrogens is 1. The van der Waals surface area contributed by atoms with E-state index >= 15 is 0 Å². The lowest BCUT2D eigenvalue weighted by Crippen LogP contribution is -2.45. The quantitative estimate of drug-likeness (QED) is 0.432. The molecule has 31 heavy (non-hydrogen) atoms. The van der Waals surface area contributed by atoms with E-state index < -0.39 is 10.8 Å². The molecular weight excluding hydrogens is 420 g/mol. The van der Waals surface area contributed by atoms with Crippen LogP contribution in [0.25, 0.3) is 0 Å². The van der Waals surface area contributed by atoms with E-state index in [1.807, 2.05) is 48.7 Å². The second-order valence-corrected chi connectivity index (χ2v) is 8.77. The van der Waals surface area contributed by atoms with Crippen LogP contribution in [-0.4, -0.2) is 50.2 Å². The van der Waals surface area contributed by atoms with Crippen molar-refractivity contribution in [3.63, 3.8) is 0 Å². The summed E-state index contributed by atoms with van der Waals surface area (Å²) in [5, 5.41) is 11.0. The molecule has 1 heterocycles. The number of non-ortho nitro benzene ring substituents is 1. The summed E-state index contributed by atoms with van der Waals surface area (Å²) in [5.41, 5.74) is 0.997. The first-order valence-electron chi connectivity index (χ1n) is 10.3. The van der Waals surface area contributed by atoms with Crippen molar-refractivity contribution in [2.24, 2.45) is 13.0 Å². The van der Waals surface area contributed by atoms with Gasteiger partial charge in [-0.2, -0.15) is 0 Å². The highest BCUT2D eigenvalue weighted by Crippen LogP contribution is 2.29. The van der Waals surface area contributed by atoms with Gasteiger partial charge >= 0.3 is 0 Å². The molecule has 1 aliphatic carbocycles. The average Bonchev–Trinajstić information content (AvgIpc) is 3.46. The number of aryl methyl sites for hydroxylation is 1. The van der Waals surface area contributed by atoms with Crippen LogP contribution in [-0.2, 0) is 18.4 Å². The number of nitro groups is 1. The monoisotopic (exact) mass is 446 g/mol.